The van der Waals surface area contributed by atoms with Gasteiger partial charge in [-0.15, -0.1) is 0 Å². The highest BCUT2D eigenvalue weighted by molar-refractivity contribution is 7.94. The van der Waals surface area contributed by atoms with Gasteiger partial charge in [0.25, 0.3) is 5.91 Å². The number of hydrogen-bond donors (Lipinski definition) is 0. The first-order valence-corrected chi connectivity index (χ1v) is 11.8. The molecule has 0 N–H and O–H groups in total. The molecule has 0 radical (unpaired) electrons. The zero-order valence-electron chi connectivity index (χ0n) is 15.9. The predicted octanol–water partition coefficient (Wildman–Crippen LogP) is 3.02. The molecule has 0 atom stereocenters. The van der Waals surface area contributed by atoms with Gasteiger partial charge in [-0.3, -0.25) is 9.59 Å². The van der Waals surface area contributed by atoms with Crippen LogP contribution < -0.4 is 9.21 Å². The minimum atomic E-state index is -3.68. The summed E-state index contributed by atoms with van der Waals surface area (Å²) in [5, 5.41) is 0.779. The van der Waals surface area contributed by atoms with Crippen LogP contribution in [0, 0.1) is 0 Å². The van der Waals surface area contributed by atoms with Crippen molar-refractivity contribution in [1.29, 1.82) is 0 Å². The smallest absolute Gasteiger partial charge is 0.255 e. The first-order chi connectivity index (χ1) is 14.3. The lowest BCUT2D eigenvalue weighted by molar-refractivity contribution is -0.116. The second-order valence-electron chi connectivity index (χ2n) is 7.15. The number of amides is 2. The molecule has 2 heterocycles. The van der Waals surface area contributed by atoms with Crippen LogP contribution in [0.5, 0.6) is 0 Å². The Hall–Kier alpha value is -2.29. The molecular weight excluding hydrogens is 449 g/mol. The van der Waals surface area contributed by atoms with E-state index in [1.807, 2.05) is 24.3 Å². The third-order valence-corrected chi connectivity index (χ3v) is 7.48. The number of sulfonamides is 1. The number of halogens is 2. The van der Waals surface area contributed by atoms with Gasteiger partial charge in [0.2, 0.25) is 15.9 Å². The van der Waals surface area contributed by atoms with E-state index in [4.69, 9.17) is 23.2 Å². The van der Waals surface area contributed by atoms with E-state index >= 15 is 0 Å². The first kappa shape index (κ1) is 21.0. The van der Waals surface area contributed by atoms with Crippen LogP contribution in [-0.4, -0.2) is 57.1 Å². The molecule has 10 heteroatoms. The van der Waals surface area contributed by atoms with Gasteiger partial charge < -0.3 is 9.80 Å². The molecule has 158 valence electrons. The van der Waals surface area contributed by atoms with Crippen LogP contribution in [0.25, 0.3) is 0 Å². The van der Waals surface area contributed by atoms with E-state index in [1.54, 1.807) is 4.90 Å². The van der Waals surface area contributed by atoms with Gasteiger partial charge in [0.05, 0.1) is 22.0 Å². The average molecular weight is 468 g/mol. The van der Waals surface area contributed by atoms with Gasteiger partial charge >= 0.3 is 0 Å². The molecule has 2 fully saturated rings. The molecule has 4 rings (SSSR count). The lowest BCUT2D eigenvalue weighted by Crippen LogP contribution is -2.48. The summed E-state index contributed by atoms with van der Waals surface area (Å²) in [7, 11) is -3.68. The summed E-state index contributed by atoms with van der Waals surface area (Å²) in [6, 6.07) is 11.9. The summed E-state index contributed by atoms with van der Waals surface area (Å²) < 4.78 is 24.9. The Morgan fingerprint density at radius 1 is 0.933 bits per heavy atom. The minimum Gasteiger partial charge on any atom is -0.368 e. The number of nitrogens with zero attached hydrogens (tertiary/aromatic N) is 3. The molecule has 0 spiro atoms. The van der Waals surface area contributed by atoms with Crippen molar-refractivity contribution in [2.24, 2.45) is 0 Å². The molecule has 2 aromatic rings. The summed E-state index contributed by atoms with van der Waals surface area (Å²) >= 11 is 12.4. The van der Waals surface area contributed by atoms with Crippen molar-refractivity contribution in [2.45, 2.75) is 6.42 Å². The molecule has 0 aromatic heterocycles. The number of piperazine rings is 1. The third kappa shape index (κ3) is 3.99. The molecule has 2 amide bonds. The summed E-state index contributed by atoms with van der Waals surface area (Å²) in [6.07, 6.45) is -0.0580. The lowest BCUT2D eigenvalue weighted by Gasteiger charge is -2.36. The van der Waals surface area contributed by atoms with Crippen molar-refractivity contribution in [2.75, 3.05) is 41.1 Å². The van der Waals surface area contributed by atoms with Crippen molar-refractivity contribution < 1.29 is 18.0 Å². The monoisotopic (exact) mass is 467 g/mol. The van der Waals surface area contributed by atoms with Crippen molar-refractivity contribution in [3.63, 3.8) is 0 Å². The summed E-state index contributed by atoms with van der Waals surface area (Å²) in [5.74, 6) is -0.948. The Morgan fingerprint density at radius 2 is 1.67 bits per heavy atom. The summed E-state index contributed by atoms with van der Waals surface area (Å²) in [6.45, 7) is 2.34. The molecule has 30 heavy (non-hydrogen) atoms. The maximum absolute atomic E-state index is 12.9. The van der Waals surface area contributed by atoms with Crippen LogP contribution in [0.3, 0.4) is 0 Å². The fraction of sp³-hybridized carbons (Fsp3) is 0.300. The Bertz CT molecular complexity index is 1110. The molecular formula is C20H19Cl2N3O4S. The third-order valence-electron chi connectivity index (χ3n) is 5.24. The molecule has 0 saturated carbocycles. The predicted molar refractivity (Wildman–Crippen MR) is 117 cm³/mol. The number of carbonyl (C=O) groups excluding carboxylic acids is 2. The van der Waals surface area contributed by atoms with E-state index in [2.05, 4.69) is 4.90 Å². The fourth-order valence-electron chi connectivity index (χ4n) is 3.68. The van der Waals surface area contributed by atoms with Gasteiger partial charge in [0.1, 0.15) is 0 Å². The zero-order valence-corrected chi connectivity index (χ0v) is 18.3. The Morgan fingerprint density at radius 3 is 2.27 bits per heavy atom. The van der Waals surface area contributed by atoms with Crippen LogP contribution in [0.4, 0.5) is 11.4 Å². The minimum absolute atomic E-state index is 0.0580. The normalized spacial score (nSPS) is 18.7. The second kappa shape index (κ2) is 8.09. The van der Waals surface area contributed by atoms with E-state index in [-0.39, 0.29) is 34.4 Å². The zero-order chi connectivity index (χ0) is 21.5. The highest BCUT2D eigenvalue weighted by atomic mass is 35.5. The SMILES string of the molecule is O=C(c1ccc(N2C(=O)CCS2(=O)=O)cc1Cl)N1CCN(c2cccc(Cl)c2)CC1. The molecule has 2 aliphatic heterocycles. The maximum atomic E-state index is 12.9. The van der Waals surface area contributed by atoms with Gasteiger partial charge in [-0.05, 0) is 36.4 Å². The Balaban J connectivity index is 1.47. The fourth-order valence-corrected chi connectivity index (χ4v) is 5.58. The van der Waals surface area contributed by atoms with Crippen LogP contribution >= 0.6 is 23.2 Å². The number of carbonyl (C=O) groups is 2. The van der Waals surface area contributed by atoms with Crippen LogP contribution in [0.2, 0.25) is 10.0 Å². The topological polar surface area (TPSA) is 78.0 Å². The molecule has 0 bridgehead atoms. The van der Waals surface area contributed by atoms with Crippen molar-refractivity contribution in [3.8, 4) is 0 Å². The van der Waals surface area contributed by atoms with Gasteiger partial charge in [-0.1, -0.05) is 29.3 Å². The molecule has 2 aromatic carbocycles. The number of hydrogen-bond acceptors (Lipinski definition) is 5. The van der Waals surface area contributed by atoms with Crippen molar-refractivity contribution in [1.82, 2.24) is 4.90 Å². The van der Waals surface area contributed by atoms with Gasteiger partial charge in [0.15, 0.2) is 0 Å². The quantitative estimate of drug-likeness (QED) is 0.692. The van der Waals surface area contributed by atoms with Crippen LogP contribution in [0.1, 0.15) is 16.8 Å². The lowest BCUT2D eigenvalue weighted by atomic mass is 10.1. The van der Waals surface area contributed by atoms with E-state index in [9.17, 15) is 18.0 Å². The number of rotatable bonds is 3. The largest absolute Gasteiger partial charge is 0.368 e. The van der Waals surface area contributed by atoms with E-state index in [0.29, 0.717) is 31.2 Å². The highest BCUT2D eigenvalue weighted by Gasteiger charge is 2.36. The first-order valence-electron chi connectivity index (χ1n) is 9.41. The van der Waals surface area contributed by atoms with E-state index in [1.165, 1.54) is 18.2 Å². The molecule has 2 aliphatic rings. The average Bonchev–Trinajstić information content (AvgIpc) is 3.00. The van der Waals surface area contributed by atoms with Gasteiger partial charge in [0, 0.05) is 43.3 Å². The Kier molecular flexibility index (Phi) is 5.65. The van der Waals surface area contributed by atoms with Crippen molar-refractivity contribution in [3.05, 3.63) is 58.1 Å². The second-order valence-corrected chi connectivity index (χ2v) is 9.93. The Labute approximate surface area is 184 Å². The standard InChI is InChI=1S/C20H19Cl2N3O4S/c21-14-2-1-3-15(12-14)23-7-9-24(10-8-23)20(27)17-5-4-16(13-18(17)22)25-19(26)6-11-30(25,28)29/h1-5,12-13H,6-11H2. The summed E-state index contributed by atoms with van der Waals surface area (Å²) in [5.41, 5.74) is 1.44. The maximum Gasteiger partial charge on any atom is 0.255 e. The molecule has 2 saturated heterocycles. The van der Waals surface area contributed by atoms with Gasteiger partial charge in [-0.2, -0.15) is 0 Å². The highest BCUT2D eigenvalue weighted by Crippen LogP contribution is 2.30. The molecule has 0 aliphatic carbocycles. The molecule has 7 nitrogen and oxygen atoms in total. The van der Waals surface area contributed by atoms with Crippen LogP contribution in [0.15, 0.2) is 42.5 Å². The van der Waals surface area contributed by atoms with Crippen molar-refractivity contribution >= 4 is 56.4 Å². The van der Waals surface area contributed by atoms with Crippen LogP contribution in [-0.2, 0) is 14.8 Å². The van der Waals surface area contributed by atoms with E-state index < -0.39 is 15.9 Å². The van der Waals surface area contributed by atoms with E-state index in [0.717, 1.165) is 9.99 Å². The van der Waals surface area contributed by atoms with Gasteiger partial charge in [-0.25, -0.2) is 12.7 Å². The number of anilines is 2. The molecule has 0 unspecified atom stereocenters. The number of benzene rings is 2. The summed E-state index contributed by atoms with van der Waals surface area (Å²) in [4.78, 5) is 28.8.